The van der Waals surface area contributed by atoms with Crippen LogP contribution < -0.4 is 80.4 Å². The van der Waals surface area contributed by atoms with E-state index in [0.717, 1.165) is 0 Å². The Bertz CT molecular complexity index is 436. The van der Waals surface area contributed by atoms with E-state index in [0.29, 0.717) is 5.56 Å². The number of aromatic nitrogens is 1. The van der Waals surface area contributed by atoms with Crippen molar-refractivity contribution in [2.75, 3.05) is 0 Å². The van der Waals surface area contributed by atoms with Gasteiger partial charge in [-0.15, -0.1) is 0 Å². The average Bonchev–Trinajstić information content (AvgIpc) is 2.24. The molecular formula is C11H18N3Na2O3P. The van der Waals surface area contributed by atoms with Crippen LogP contribution in [-0.2, 0) is 4.57 Å². The van der Waals surface area contributed by atoms with Gasteiger partial charge in [-0.2, -0.15) is 0 Å². The molecule has 1 aromatic rings. The second-order valence-corrected chi connectivity index (χ2v) is 6.85. The second kappa shape index (κ2) is 9.38. The van der Waals surface area contributed by atoms with Crippen molar-refractivity contribution < 1.29 is 73.5 Å². The predicted octanol–water partition coefficient (Wildman–Crippen LogP) is -6.50. The molecule has 0 aliphatic rings. The van der Waals surface area contributed by atoms with Crippen LogP contribution in [0.3, 0.4) is 0 Å². The topological polar surface area (TPSA) is 128 Å². The molecule has 2 unspecified atom stereocenters. The number of nitrogens with two attached hydrogens (primary N) is 2. The Labute approximate surface area is 163 Å². The van der Waals surface area contributed by atoms with Gasteiger partial charge in [-0.25, -0.2) is 0 Å². The van der Waals surface area contributed by atoms with Crippen LogP contribution in [0, 0.1) is 0 Å². The van der Waals surface area contributed by atoms with Gasteiger partial charge in [0.15, 0.2) is 0 Å². The molecule has 0 radical (unpaired) electrons. The molecule has 0 aliphatic heterocycles. The molecule has 0 amide bonds. The Morgan fingerprint density at radius 1 is 1.40 bits per heavy atom. The molecule has 0 bridgehead atoms. The van der Waals surface area contributed by atoms with E-state index in [1.807, 2.05) is 0 Å². The maximum Gasteiger partial charge on any atom is 1.00 e. The van der Waals surface area contributed by atoms with Crippen molar-refractivity contribution in [1.29, 1.82) is 0 Å². The molecule has 1 rings (SSSR count). The van der Waals surface area contributed by atoms with E-state index in [1.54, 1.807) is 32.2 Å². The zero-order chi connectivity index (χ0) is 14.0. The fourth-order valence-corrected chi connectivity index (χ4v) is 3.03. The first-order valence-electron chi connectivity index (χ1n) is 5.57. The molecule has 4 N–H and O–H groups in total. The van der Waals surface area contributed by atoms with Crippen molar-refractivity contribution in [3.63, 3.8) is 0 Å². The number of rotatable bonds is 5. The van der Waals surface area contributed by atoms with Gasteiger partial charge in [-0.05, 0) is 31.9 Å². The summed E-state index contributed by atoms with van der Waals surface area (Å²) in [6.07, 6.45) is 3.01. The maximum absolute atomic E-state index is 11.3. The van der Waals surface area contributed by atoms with E-state index in [4.69, 9.17) is 11.5 Å². The van der Waals surface area contributed by atoms with Crippen LogP contribution >= 0.6 is 7.60 Å². The SMILES string of the molecule is CC(C)(N)CC(C(N)c1cccnc1)P(=O)([O-])[O-].[Na+].[Na+]. The summed E-state index contributed by atoms with van der Waals surface area (Å²) in [5, 5.41) is 0. The van der Waals surface area contributed by atoms with E-state index in [9.17, 15) is 14.4 Å². The summed E-state index contributed by atoms with van der Waals surface area (Å²) < 4.78 is 11.3. The molecule has 6 nitrogen and oxygen atoms in total. The van der Waals surface area contributed by atoms with Gasteiger partial charge in [0.1, 0.15) is 0 Å². The minimum absolute atomic E-state index is 0. The van der Waals surface area contributed by atoms with Gasteiger partial charge in [0.25, 0.3) is 0 Å². The average molecular weight is 317 g/mol. The van der Waals surface area contributed by atoms with E-state index in [1.165, 1.54) is 6.20 Å². The molecule has 9 heteroatoms. The maximum atomic E-state index is 11.3. The first-order valence-corrected chi connectivity index (χ1v) is 7.18. The van der Waals surface area contributed by atoms with Crippen LogP contribution in [0.5, 0.6) is 0 Å². The molecular weight excluding hydrogens is 299 g/mol. The van der Waals surface area contributed by atoms with Crippen LogP contribution in [0.1, 0.15) is 31.9 Å². The van der Waals surface area contributed by atoms with Crippen LogP contribution in [0.15, 0.2) is 24.5 Å². The third kappa shape index (κ3) is 8.01. The molecule has 0 spiro atoms. The van der Waals surface area contributed by atoms with Gasteiger partial charge < -0.3 is 25.8 Å². The van der Waals surface area contributed by atoms with Gasteiger partial charge in [-0.3, -0.25) is 4.98 Å². The zero-order valence-electron chi connectivity index (χ0n) is 12.4. The summed E-state index contributed by atoms with van der Waals surface area (Å²) in [5.74, 6) is 0. The van der Waals surface area contributed by atoms with Crippen molar-refractivity contribution in [1.82, 2.24) is 4.98 Å². The Hall–Kier alpha value is 1.22. The molecule has 0 saturated carbocycles. The molecule has 1 aromatic heterocycles. The van der Waals surface area contributed by atoms with Crippen LogP contribution in [0.25, 0.3) is 0 Å². The second-order valence-electron chi connectivity index (χ2n) is 5.11. The Morgan fingerprint density at radius 3 is 2.30 bits per heavy atom. The van der Waals surface area contributed by atoms with Gasteiger partial charge >= 0.3 is 59.1 Å². The molecule has 0 saturated heterocycles. The van der Waals surface area contributed by atoms with Crippen molar-refractivity contribution in [3.8, 4) is 0 Å². The van der Waals surface area contributed by atoms with E-state index in [2.05, 4.69) is 4.98 Å². The summed E-state index contributed by atoms with van der Waals surface area (Å²) in [7, 11) is -4.83. The molecule has 0 fully saturated rings. The first-order chi connectivity index (χ1) is 8.11. The van der Waals surface area contributed by atoms with Gasteiger partial charge in [0.2, 0.25) is 0 Å². The fraction of sp³-hybridized carbons (Fsp3) is 0.545. The van der Waals surface area contributed by atoms with E-state index >= 15 is 0 Å². The summed E-state index contributed by atoms with van der Waals surface area (Å²) in [6.45, 7) is 3.32. The van der Waals surface area contributed by atoms with Crippen molar-refractivity contribution in [3.05, 3.63) is 30.1 Å². The van der Waals surface area contributed by atoms with Crippen molar-refractivity contribution in [2.45, 2.75) is 37.5 Å². The summed E-state index contributed by atoms with van der Waals surface area (Å²) in [6, 6.07) is 2.37. The smallest absolute Gasteiger partial charge is 0.810 e. The summed E-state index contributed by atoms with van der Waals surface area (Å²) >= 11 is 0. The molecule has 0 aromatic carbocycles. The molecule has 1 heterocycles. The minimum Gasteiger partial charge on any atom is -0.810 e. The van der Waals surface area contributed by atoms with Crippen LogP contribution in [0.2, 0.25) is 0 Å². The van der Waals surface area contributed by atoms with Crippen molar-refractivity contribution in [2.24, 2.45) is 11.5 Å². The van der Waals surface area contributed by atoms with E-state index in [-0.39, 0.29) is 65.5 Å². The zero-order valence-corrected chi connectivity index (χ0v) is 17.3. The van der Waals surface area contributed by atoms with Crippen LogP contribution in [-0.4, -0.2) is 16.2 Å². The quantitative estimate of drug-likeness (QED) is 0.410. The molecule has 102 valence electrons. The molecule has 0 aliphatic carbocycles. The van der Waals surface area contributed by atoms with Crippen LogP contribution in [0.4, 0.5) is 0 Å². The first kappa shape index (κ1) is 23.5. The van der Waals surface area contributed by atoms with Gasteiger partial charge in [0, 0.05) is 29.6 Å². The number of hydrogen-bond donors (Lipinski definition) is 2. The van der Waals surface area contributed by atoms with Gasteiger partial charge in [-0.1, -0.05) is 13.7 Å². The predicted molar refractivity (Wildman–Crippen MR) is 65.4 cm³/mol. The molecule has 20 heavy (non-hydrogen) atoms. The largest absolute Gasteiger partial charge is 1.00 e. The monoisotopic (exact) mass is 317 g/mol. The minimum atomic E-state index is -4.83. The fourth-order valence-electron chi connectivity index (χ4n) is 1.77. The summed E-state index contributed by atoms with van der Waals surface area (Å²) in [5.41, 5.74) is 10.1. The standard InChI is InChI=1S/C11H20N3O3P.2Na/c1-11(2,13)6-9(18(15,16)17)10(12)8-4-3-5-14-7-8;;/h3-5,7,9-10H,6,12-13H2,1-2H3,(H2,15,16,17);;/q;2*+1/p-2. The third-order valence-corrected chi connectivity index (χ3v) is 3.94. The Morgan fingerprint density at radius 2 is 1.95 bits per heavy atom. The number of nitrogens with zero attached hydrogens (tertiary/aromatic N) is 1. The number of hydrogen-bond acceptors (Lipinski definition) is 6. The number of pyridine rings is 1. The van der Waals surface area contributed by atoms with Crippen molar-refractivity contribution >= 4 is 7.60 Å². The third-order valence-electron chi connectivity index (χ3n) is 2.63. The Kier molecular flexibility index (Phi) is 11.0. The normalized spacial score (nSPS) is 14.7. The Balaban J connectivity index is 0. The van der Waals surface area contributed by atoms with E-state index < -0.39 is 24.8 Å². The summed E-state index contributed by atoms with van der Waals surface area (Å²) in [4.78, 5) is 26.5. The molecule has 2 atom stereocenters. The van der Waals surface area contributed by atoms with Gasteiger partial charge in [0.05, 0.1) is 0 Å².